The number of hydrogen-bond acceptors (Lipinski definition) is 5. The Balaban J connectivity index is 1.64. The Morgan fingerprint density at radius 3 is 2.71 bits per heavy atom. The summed E-state index contributed by atoms with van der Waals surface area (Å²) in [5.41, 5.74) is 0.211. The van der Waals surface area contributed by atoms with Crippen LogP contribution in [0.4, 0.5) is 0 Å². The summed E-state index contributed by atoms with van der Waals surface area (Å²) in [5, 5.41) is 3.79. The summed E-state index contributed by atoms with van der Waals surface area (Å²) in [4.78, 5) is 7.15. The van der Waals surface area contributed by atoms with Crippen molar-refractivity contribution >= 4 is 0 Å². The van der Waals surface area contributed by atoms with Crippen molar-refractivity contribution in [3.8, 4) is 0 Å². The molecule has 0 spiro atoms. The Kier molecular flexibility index (Phi) is 5.92. The fourth-order valence-corrected chi connectivity index (χ4v) is 4.14. The molecule has 0 aromatic carbocycles. The number of nitrogens with one attached hydrogen (secondary N) is 1. The van der Waals surface area contributed by atoms with E-state index in [1.54, 1.807) is 0 Å². The number of nitrogens with zero attached hydrogens (tertiary/aromatic N) is 3. The van der Waals surface area contributed by atoms with Crippen LogP contribution in [0.3, 0.4) is 0 Å². The molecule has 1 aromatic heterocycles. The maximum absolute atomic E-state index is 5.85. The van der Waals surface area contributed by atoms with Crippen molar-refractivity contribution in [1.82, 2.24) is 19.8 Å². The van der Waals surface area contributed by atoms with Gasteiger partial charge in [0.15, 0.2) is 0 Å². The van der Waals surface area contributed by atoms with Gasteiger partial charge in [-0.05, 0) is 26.2 Å². The predicted octanol–water partition coefficient (Wildman–Crippen LogP) is 1.73. The second-order valence-corrected chi connectivity index (χ2v) is 7.05. The van der Waals surface area contributed by atoms with Crippen LogP contribution in [-0.2, 0) is 16.5 Å². The molecule has 3 rings (SSSR count). The molecule has 2 heterocycles. The Labute approximate surface area is 145 Å². The molecule has 1 atom stereocenters. The van der Waals surface area contributed by atoms with Crippen molar-refractivity contribution in [2.45, 2.75) is 50.8 Å². The van der Waals surface area contributed by atoms with E-state index in [0.717, 1.165) is 64.5 Å². The van der Waals surface area contributed by atoms with Gasteiger partial charge in [-0.25, -0.2) is 4.98 Å². The quantitative estimate of drug-likeness (QED) is 0.783. The lowest BCUT2D eigenvalue weighted by Gasteiger charge is -2.55. The highest BCUT2D eigenvalue weighted by molar-refractivity contribution is 5.07. The number of aromatic nitrogens is 2. The summed E-state index contributed by atoms with van der Waals surface area (Å²) < 4.78 is 13.5. The van der Waals surface area contributed by atoms with Crippen molar-refractivity contribution in [1.29, 1.82) is 0 Å². The SMILES string of the molecule is CCOC1CC(CNC(CC)c2nccn2C)(N2CCOCC2)C1. The number of hydrogen-bond donors (Lipinski definition) is 1. The standard InChI is InChI=1S/C18H32N4O2/c1-4-16(17-19-6-7-21(17)3)20-14-18(12-15(13-18)24-5-2)22-8-10-23-11-9-22/h6-7,15-16,20H,4-5,8-14H2,1-3H3. The summed E-state index contributed by atoms with van der Waals surface area (Å²) in [7, 11) is 2.07. The second-order valence-electron chi connectivity index (χ2n) is 7.05. The predicted molar refractivity (Wildman–Crippen MR) is 94.0 cm³/mol. The lowest BCUT2D eigenvalue weighted by atomic mass is 9.72. The van der Waals surface area contributed by atoms with E-state index in [1.807, 2.05) is 12.4 Å². The monoisotopic (exact) mass is 336 g/mol. The fraction of sp³-hybridized carbons (Fsp3) is 0.833. The van der Waals surface area contributed by atoms with E-state index in [0.29, 0.717) is 12.1 Å². The molecule has 1 unspecified atom stereocenters. The molecular formula is C18H32N4O2. The average molecular weight is 336 g/mol. The van der Waals surface area contributed by atoms with Crippen LogP contribution in [0.2, 0.25) is 0 Å². The van der Waals surface area contributed by atoms with Crippen LogP contribution in [0.15, 0.2) is 12.4 Å². The highest BCUT2D eigenvalue weighted by Gasteiger charge is 2.49. The van der Waals surface area contributed by atoms with E-state index in [4.69, 9.17) is 9.47 Å². The Hall–Kier alpha value is -0.950. The summed E-state index contributed by atoms with van der Waals surface area (Å²) in [6, 6.07) is 0.300. The highest BCUT2D eigenvalue weighted by Crippen LogP contribution is 2.40. The van der Waals surface area contributed by atoms with Crippen LogP contribution in [0.5, 0.6) is 0 Å². The number of morpholine rings is 1. The third-order valence-electron chi connectivity index (χ3n) is 5.56. The van der Waals surface area contributed by atoms with Crippen molar-refractivity contribution in [3.63, 3.8) is 0 Å². The zero-order valence-corrected chi connectivity index (χ0v) is 15.3. The first-order valence-electron chi connectivity index (χ1n) is 9.33. The summed E-state index contributed by atoms with van der Waals surface area (Å²) in [5.74, 6) is 1.12. The van der Waals surface area contributed by atoms with E-state index >= 15 is 0 Å². The van der Waals surface area contributed by atoms with Gasteiger partial charge in [-0.15, -0.1) is 0 Å². The highest BCUT2D eigenvalue weighted by atomic mass is 16.5. The summed E-state index contributed by atoms with van der Waals surface area (Å²) in [6.07, 6.45) is 7.58. The van der Waals surface area contributed by atoms with Crippen LogP contribution >= 0.6 is 0 Å². The van der Waals surface area contributed by atoms with Crippen LogP contribution in [0.25, 0.3) is 0 Å². The van der Waals surface area contributed by atoms with Gasteiger partial charge in [-0.1, -0.05) is 6.92 Å². The van der Waals surface area contributed by atoms with Crippen molar-refractivity contribution in [3.05, 3.63) is 18.2 Å². The molecule has 1 saturated carbocycles. The molecule has 1 aromatic rings. The molecule has 1 aliphatic heterocycles. The lowest BCUT2D eigenvalue weighted by Crippen LogP contribution is -2.66. The molecule has 2 aliphatic rings. The first-order valence-corrected chi connectivity index (χ1v) is 9.33. The number of ether oxygens (including phenoxy) is 2. The number of imidazole rings is 1. The van der Waals surface area contributed by atoms with Gasteiger partial charge in [0.2, 0.25) is 0 Å². The van der Waals surface area contributed by atoms with Crippen molar-refractivity contribution in [2.75, 3.05) is 39.5 Å². The van der Waals surface area contributed by atoms with E-state index in [2.05, 4.69) is 40.7 Å². The minimum atomic E-state index is 0.211. The van der Waals surface area contributed by atoms with Gasteiger partial charge in [-0.2, -0.15) is 0 Å². The zero-order chi connectivity index (χ0) is 17.0. The van der Waals surface area contributed by atoms with Crippen LogP contribution < -0.4 is 5.32 Å². The van der Waals surface area contributed by atoms with Gasteiger partial charge in [0.25, 0.3) is 0 Å². The Morgan fingerprint density at radius 2 is 2.12 bits per heavy atom. The van der Waals surface area contributed by atoms with Gasteiger partial charge in [-0.3, -0.25) is 4.90 Å². The smallest absolute Gasteiger partial charge is 0.125 e. The average Bonchev–Trinajstić information content (AvgIpc) is 2.99. The Bertz CT molecular complexity index is 507. The van der Waals surface area contributed by atoms with Gasteiger partial charge in [0.05, 0.1) is 25.4 Å². The molecule has 6 heteroatoms. The van der Waals surface area contributed by atoms with Crippen molar-refractivity contribution in [2.24, 2.45) is 7.05 Å². The topological polar surface area (TPSA) is 51.5 Å². The minimum Gasteiger partial charge on any atom is -0.379 e. The molecule has 1 N–H and O–H groups in total. The minimum absolute atomic E-state index is 0.211. The second kappa shape index (κ2) is 7.95. The number of aryl methyl sites for hydroxylation is 1. The molecule has 24 heavy (non-hydrogen) atoms. The molecule has 1 saturated heterocycles. The molecule has 0 amide bonds. The fourth-order valence-electron chi connectivity index (χ4n) is 4.14. The molecule has 1 aliphatic carbocycles. The maximum atomic E-state index is 5.85. The summed E-state index contributed by atoms with van der Waals surface area (Å²) in [6.45, 7) is 9.84. The van der Waals surface area contributed by atoms with Gasteiger partial charge in [0.1, 0.15) is 5.82 Å². The van der Waals surface area contributed by atoms with Crippen LogP contribution in [0.1, 0.15) is 45.0 Å². The first kappa shape index (κ1) is 17.9. The Morgan fingerprint density at radius 1 is 1.38 bits per heavy atom. The molecule has 136 valence electrons. The van der Waals surface area contributed by atoms with E-state index in [1.165, 1.54) is 0 Å². The van der Waals surface area contributed by atoms with E-state index < -0.39 is 0 Å². The number of rotatable bonds is 8. The van der Waals surface area contributed by atoms with Crippen LogP contribution in [0, 0.1) is 0 Å². The maximum Gasteiger partial charge on any atom is 0.125 e. The molecular weight excluding hydrogens is 304 g/mol. The van der Waals surface area contributed by atoms with Gasteiger partial charge < -0.3 is 19.4 Å². The molecule has 2 fully saturated rings. The zero-order valence-electron chi connectivity index (χ0n) is 15.3. The van der Waals surface area contributed by atoms with Crippen molar-refractivity contribution < 1.29 is 9.47 Å². The molecule has 0 radical (unpaired) electrons. The molecule has 0 bridgehead atoms. The van der Waals surface area contributed by atoms with E-state index in [-0.39, 0.29) is 5.54 Å². The molecule has 6 nitrogen and oxygen atoms in total. The van der Waals surface area contributed by atoms with Gasteiger partial charge >= 0.3 is 0 Å². The van der Waals surface area contributed by atoms with E-state index in [9.17, 15) is 0 Å². The van der Waals surface area contributed by atoms with Gasteiger partial charge in [0, 0.05) is 51.2 Å². The third-order valence-corrected chi connectivity index (χ3v) is 5.56. The largest absolute Gasteiger partial charge is 0.379 e. The van der Waals surface area contributed by atoms with Crippen LogP contribution in [-0.4, -0.2) is 65.5 Å². The normalized spacial score (nSPS) is 29.4. The first-order chi connectivity index (χ1) is 11.7. The third kappa shape index (κ3) is 3.67. The lowest BCUT2D eigenvalue weighted by molar-refractivity contribution is -0.126. The summed E-state index contributed by atoms with van der Waals surface area (Å²) >= 11 is 0.